The molecule has 19 heavy (non-hydrogen) atoms. The lowest BCUT2D eigenvalue weighted by Gasteiger charge is -2.29. The SMILES string of the molecule is CCC1CCCC(Nc2nccc(C(=O)O)c2N)C1. The maximum atomic E-state index is 11.0. The molecule has 1 fully saturated rings. The summed E-state index contributed by atoms with van der Waals surface area (Å²) in [6.07, 6.45) is 7.36. The largest absolute Gasteiger partial charge is 0.478 e. The van der Waals surface area contributed by atoms with Gasteiger partial charge in [0.05, 0.1) is 11.3 Å². The normalized spacial score (nSPS) is 23.0. The lowest BCUT2D eigenvalue weighted by Crippen LogP contribution is -2.28. The van der Waals surface area contributed by atoms with Crippen molar-refractivity contribution in [3.8, 4) is 0 Å². The molecule has 2 atom stereocenters. The number of aromatic nitrogens is 1. The van der Waals surface area contributed by atoms with Gasteiger partial charge in [-0.3, -0.25) is 0 Å². The second kappa shape index (κ2) is 5.91. The van der Waals surface area contributed by atoms with Crippen LogP contribution in [0.3, 0.4) is 0 Å². The first-order valence-corrected chi connectivity index (χ1v) is 6.86. The number of hydrogen-bond acceptors (Lipinski definition) is 4. The van der Waals surface area contributed by atoms with Crippen LogP contribution in [-0.2, 0) is 0 Å². The number of carboxylic acid groups (broad SMARTS) is 1. The predicted octanol–water partition coefficient (Wildman–Crippen LogP) is 2.74. The molecule has 0 amide bonds. The van der Waals surface area contributed by atoms with Gasteiger partial charge in [0, 0.05) is 12.2 Å². The molecule has 0 radical (unpaired) electrons. The van der Waals surface area contributed by atoms with Crippen molar-refractivity contribution in [2.75, 3.05) is 11.1 Å². The van der Waals surface area contributed by atoms with E-state index in [1.807, 2.05) is 0 Å². The summed E-state index contributed by atoms with van der Waals surface area (Å²) < 4.78 is 0. The van der Waals surface area contributed by atoms with E-state index in [0.29, 0.717) is 11.9 Å². The molecule has 0 bridgehead atoms. The van der Waals surface area contributed by atoms with Crippen molar-refractivity contribution >= 4 is 17.5 Å². The summed E-state index contributed by atoms with van der Waals surface area (Å²) in [6, 6.07) is 1.77. The highest BCUT2D eigenvalue weighted by Gasteiger charge is 2.22. The molecule has 1 aliphatic carbocycles. The van der Waals surface area contributed by atoms with Gasteiger partial charge in [0.15, 0.2) is 0 Å². The fraction of sp³-hybridized carbons (Fsp3) is 0.571. The number of rotatable bonds is 4. The summed E-state index contributed by atoms with van der Waals surface area (Å²) in [5.41, 5.74) is 6.20. The number of nitrogens with two attached hydrogens (primary N) is 1. The van der Waals surface area contributed by atoms with Crippen LogP contribution in [-0.4, -0.2) is 22.1 Å². The molecule has 5 heteroatoms. The van der Waals surface area contributed by atoms with E-state index in [2.05, 4.69) is 17.2 Å². The van der Waals surface area contributed by atoms with E-state index in [9.17, 15) is 4.79 Å². The number of hydrogen-bond donors (Lipinski definition) is 3. The van der Waals surface area contributed by atoms with Crippen molar-refractivity contribution in [3.63, 3.8) is 0 Å². The summed E-state index contributed by atoms with van der Waals surface area (Å²) in [7, 11) is 0. The quantitative estimate of drug-likeness (QED) is 0.777. The molecular weight excluding hydrogens is 242 g/mol. The zero-order valence-electron chi connectivity index (χ0n) is 11.2. The third kappa shape index (κ3) is 3.16. The highest BCUT2D eigenvalue weighted by atomic mass is 16.4. The molecule has 104 valence electrons. The molecule has 2 unspecified atom stereocenters. The molecule has 0 spiro atoms. The van der Waals surface area contributed by atoms with Crippen LogP contribution in [0.4, 0.5) is 11.5 Å². The van der Waals surface area contributed by atoms with Crippen LogP contribution < -0.4 is 11.1 Å². The van der Waals surface area contributed by atoms with Crippen LogP contribution in [0.1, 0.15) is 49.4 Å². The van der Waals surface area contributed by atoms with Gasteiger partial charge < -0.3 is 16.2 Å². The zero-order valence-corrected chi connectivity index (χ0v) is 11.2. The number of carboxylic acids is 1. The molecule has 1 aromatic heterocycles. The van der Waals surface area contributed by atoms with Gasteiger partial charge in [-0.25, -0.2) is 9.78 Å². The minimum atomic E-state index is -1.02. The average molecular weight is 263 g/mol. The molecule has 2 rings (SSSR count). The van der Waals surface area contributed by atoms with E-state index in [1.54, 1.807) is 0 Å². The lowest BCUT2D eigenvalue weighted by molar-refractivity contribution is 0.0698. The highest BCUT2D eigenvalue weighted by molar-refractivity contribution is 5.96. The minimum absolute atomic E-state index is 0.111. The maximum absolute atomic E-state index is 11.0. The molecule has 1 heterocycles. The third-order valence-electron chi connectivity index (χ3n) is 3.92. The van der Waals surface area contributed by atoms with Gasteiger partial charge in [-0.05, 0) is 24.8 Å². The minimum Gasteiger partial charge on any atom is -0.478 e. The molecule has 4 N–H and O–H groups in total. The Balaban J connectivity index is 2.10. The molecular formula is C14H21N3O2. The number of anilines is 2. The topological polar surface area (TPSA) is 88.2 Å². The molecule has 1 aromatic rings. The maximum Gasteiger partial charge on any atom is 0.337 e. The van der Waals surface area contributed by atoms with Crippen molar-refractivity contribution in [1.82, 2.24) is 4.98 Å². The molecule has 5 nitrogen and oxygen atoms in total. The standard InChI is InChI=1S/C14H21N3O2/c1-2-9-4-3-5-10(8-9)17-13-12(15)11(14(18)19)6-7-16-13/h6-7,9-10H,2-5,8,15H2,1H3,(H,16,17)(H,18,19). The van der Waals surface area contributed by atoms with Gasteiger partial charge >= 0.3 is 5.97 Å². The average Bonchev–Trinajstić information content (AvgIpc) is 2.41. The van der Waals surface area contributed by atoms with Gasteiger partial charge in [0.2, 0.25) is 0 Å². The molecule has 0 saturated heterocycles. The van der Waals surface area contributed by atoms with Crippen molar-refractivity contribution in [3.05, 3.63) is 17.8 Å². The second-order valence-corrected chi connectivity index (χ2v) is 5.21. The third-order valence-corrected chi connectivity index (χ3v) is 3.92. The smallest absolute Gasteiger partial charge is 0.337 e. The van der Waals surface area contributed by atoms with Crippen molar-refractivity contribution in [2.24, 2.45) is 5.92 Å². The Kier molecular flexibility index (Phi) is 4.24. The van der Waals surface area contributed by atoms with Crippen molar-refractivity contribution in [1.29, 1.82) is 0 Å². The number of nitrogens with zero attached hydrogens (tertiary/aromatic N) is 1. The van der Waals surface area contributed by atoms with Crippen LogP contribution in [0.25, 0.3) is 0 Å². The zero-order chi connectivity index (χ0) is 13.8. The summed E-state index contributed by atoms with van der Waals surface area (Å²) in [6.45, 7) is 2.21. The Bertz CT molecular complexity index is 462. The van der Waals surface area contributed by atoms with Crippen LogP contribution in [0.15, 0.2) is 12.3 Å². The predicted molar refractivity (Wildman–Crippen MR) is 75.3 cm³/mol. The van der Waals surface area contributed by atoms with Crippen LogP contribution >= 0.6 is 0 Å². The number of aromatic carboxylic acids is 1. The van der Waals surface area contributed by atoms with E-state index >= 15 is 0 Å². The first-order valence-electron chi connectivity index (χ1n) is 6.86. The number of carbonyl (C=O) groups is 1. The highest BCUT2D eigenvalue weighted by Crippen LogP contribution is 2.30. The number of pyridine rings is 1. The summed E-state index contributed by atoms with van der Waals surface area (Å²) in [5, 5.41) is 12.3. The van der Waals surface area contributed by atoms with E-state index in [0.717, 1.165) is 18.8 Å². The first-order chi connectivity index (χ1) is 9.11. The Morgan fingerprint density at radius 1 is 1.58 bits per heavy atom. The summed E-state index contributed by atoms with van der Waals surface area (Å²) in [5.74, 6) is 0.231. The van der Waals surface area contributed by atoms with Crippen LogP contribution in [0.5, 0.6) is 0 Å². The monoisotopic (exact) mass is 263 g/mol. The Morgan fingerprint density at radius 3 is 3.05 bits per heavy atom. The van der Waals surface area contributed by atoms with E-state index in [-0.39, 0.29) is 11.3 Å². The Hall–Kier alpha value is -1.78. The number of nitrogen functional groups attached to an aromatic ring is 1. The van der Waals surface area contributed by atoms with Crippen LogP contribution in [0.2, 0.25) is 0 Å². The van der Waals surface area contributed by atoms with Gasteiger partial charge in [0.1, 0.15) is 5.82 Å². The molecule has 0 aliphatic heterocycles. The Morgan fingerprint density at radius 2 is 2.37 bits per heavy atom. The van der Waals surface area contributed by atoms with Crippen molar-refractivity contribution < 1.29 is 9.90 Å². The fourth-order valence-electron chi connectivity index (χ4n) is 2.76. The number of nitrogens with one attached hydrogen (secondary N) is 1. The summed E-state index contributed by atoms with van der Waals surface area (Å²) in [4.78, 5) is 15.2. The first kappa shape index (κ1) is 13.6. The van der Waals surface area contributed by atoms with Crippen LogP contribution in [0, 0.1) is 5.92 Å². The van der Waals surface area contributed by atoms with E-state index in [1.165, 1.54) is 31.5 Å². The second-order valence-electron chi connectivity index (χ2n) is 5.21. The van der Waals surface area contributed by atoms with Gasteiger partial charge in [-0.2, -0.15) is 0 Å². The van der Waals surface area contributed by atoms with Crippen molar-refractivity contribution in [2.45, 2.75) is 45.1 Å². The van der Waals surface area contributed by atoms with E-state index < -0.39 is 5.97 Å². The fourth-order valence-corrected chi connectivity index (χ4v) is 2.76. The molecule has 1 saturated carbocycles. The van der Waals surface area contributed by atoms with Gasteiger partial charge in [0.25, 0.3) is 0 Å². The molecule has 1 aliphatic rings. The summed E-state index contributed by atoms with van der Waals surface area (Å²) >= 11 is 0. The lowest BCUT2D eigenvalue weighted by atomic mass is 9.84. The Labute approximate surface area is 113 Å². The van der Waals surface area contributed by atoms with E-state index in [4.69, 9.17) is 10.8 Å². The molecule has 0 aromatic carbocycles. The van der Waals surface area contributed by atoms with Gasteiger partial charge in [-0.15, -0.1) is 0 Å². The van der Waals surface area contributed by atoms with Gasteiger partial charge in [-0.1, -0.05) is 26.2 Å².